The smallest absolute Gasteiger partial charge is 0.258 e. The summed E-state index contributed by atoms with van der Waals surface area (Å²) < 4.78 is 1.62. The average Bonchev–Trinajstić information content (AvgIpc) is 2.08. The van der Waals surface area contributed by atoms with Gasteiger partial charge in [-0.2, -0.15) is 0 Å². The fraction of sp³-hybridized carbons (Fsp3) is 0.111. The van der Waals surface area contributed by atoms with Crippen LogP contribution in [0.15, 0.2) is 22.7 Å². The lowest BCUT2D eigenvalue weighted by atomic mass is 10.2. The van der Waals surface area contributed by atoms with Gasteiger partial charge in [-0.1, -0.05) is 15.9 Å². The van der Waals surface area contributed by atoms with Crippen LogP contribution >= 0.6 is 38.5 Å². The number of carbonyl (C=O) groups is 2. The number of benzene rings is 1. The number of nitrogens with one attached hydrogen (secondary N) is 1. The summed E-state index contributed by atoms with van der Waals surface area (Å²) in [6, 6.07) is 5.33. The van der Waals surface area contributed by atoms with E-state index in [0.717, 1.165) is 8.04 Å². The van der Waals surface area contributed by atoms with E-state index >= 15 is 0 Å². The van der Waals surface area contributed by atoms with Crippen LogP contribution in [0.2, 0.25) is 0 Å². The zero-order chi connectivity index (χ0) is 10.7. The Labute approximate surface area is 104 Å². The van der Waals surface area contributed by atoms with Gasteiger partial charge >= 0.3 is 0 Å². The maximum Gasteiger partial charge on any atom is 0.258 e. The molecule has 3 nitrogen and oxygen atoms in total. The van der Waals surface area contributed by atoms with Crippen LogP contribution in [-0.4, -0.2) is 11.8 Å². The van der Waals surface area contributed by atoms with Crippen molar-refractivity contribution in [3.63, 3.8) is 0 Å². The Bertz CT molecular complexity index is 392. The van der Waals surface area contributed by atoms with Crippen molar-refractivity contribution in [2.75, 3.05) is 0 Å². The number of carbonyl (C=O) groups excluding carboxylic acids is 2. The first-order valence-electron chi connectivity index (χ1n) is 3.77. The Hall–Kier alpha value is -0.430. The van der Waals surface area contributed by atoms with E-state index in [2.05, 4.69) is 21.2 Å². The van der Waals surface area contributed by atoms with Gasteiger partial charge in [0.25, 0.3) is 5.91 Å². The van der Waals surface area contributed by atoms with E-state index in [-0.39, 0.29) is 11.8 Å². The molecular weight excluding hydrogens is 361 g/mol. The molecule has 0 unspecified atom stereocenters. The molecule has 0 aliphatic carbocycles. The van der Waals surface area contributed by atoms with E-state index in [0.29, 0.717) is 5.56 Å². The minimum Gasteiger partial charge on any atom is -0.293 e. The Morgan fingerprint density at radius 3 is 2.64 bits per heavy atom. The molecule has 0 bridgehead atoms. The van der Waals surface area contributed by atoms with Gasteiger partial charge in [0.2, 0.25) is 5.91 Å². The van der Waals surface area contributed by atoms with Crippen molar-refractivity contribution >= 4 is 50.3 Å². The van der Waals surface area contributed by atoms with Crippen molar-refractivity contribution in [2.24, 2.45) is 0 Å². The highest BCUT2D eigenvalue weighted by Gasteiger charge is 2.11. The molecule has 1 N–H and O–H groups in total. The van der Waals surface area contributed by atoms with Crippen molar-refractivity contribution < 1.29 is 9.59 Å². The molecule has 74 valence electrons. The molecule has 0 aliphatic rings. The van der Waals surface area contributed by atoms with Gasteiger partial charge in [-0.25, -0.2) is 0 Å². The Balaban J connectivity index is 3.00. The van der Waals surface area contributed by atoms with Crippen molar-refractivity contribution in [1.82, 2.24) is 5.32 Å². The molecule has 0 saturated heterocycles. The molecule has 2 amide bonds. The summed E-state index contributed by atoms with van der Waals surface area (Å²) in [6.07, 6.45) is 0. The van der Waals surface area contributed by atoms with Gasteiger partial charge < -0.3 is 0 Å². The second kappa shape index (κ2) is 4.88. The first kappa shape index (κ1) is 11.6. The Morgan fingerprint density at radius 1 is 1.43 bits per heavy atom. The monoisotopic (exact) mass is 367 g/mol. The predicted molar refractivity (Wildman–Crippen MR) is 65.0 cm³/mol. The van der Waals surface area contributed by atoms with Crippen LogP contribution in [-0.2, 0) is 4.79 Å². The minimum atomic E-state index is -0.372. The third-order valence-corrected chi connectivity index (χ3v) is 2.90. The zero-order valence-corrected chi connectivity index (χ0v) is 11.0. The first-order chi connectivity index (χ1) is 6.50. The number of rotatable bonds is 1. The quantitative estimate of drug-likeness (QED) is 0.774. The summed E-state index contributed by atoms with van der Waals surface area (Å²) in [5, 5.41) is 2.22. The molecule has 5 heteroatoms. The highest BCUT2D eigenvalue weighted by Crippen LogP contribution is 2.18. The van der Waals surface area contributed by atoms with E-state index in [9.17, 15) is 9.59 Å². The first-order valence-corrected chi connectivity index (χ1v) is 5.65. The van der Waals surface area contributed by atoms with Gasteiger partial charge in [0.1, 0.15) is 0 Å². The van der Waals surface area contributed by atoms with E-state index in [1.165, 1.54) is 6.92 Å². The second-order valence-electron chi connectivity index (χ2n) is 2.63. The predicted octanol–water partition coefficient (Wildman–Crippen LogP) is 2.33. The van der Waals surface area contributed by atoms with E-state index in [1.807, 2.05) is 28.7 Å². The van der Waals surface area contributed by atoms with Gasteiger partial charge in [-0.3, -0.25) is 14.9 Å². The van der Waals surface area contributed by atoms with Crippen LogP contribution in [0.4, 0.5) is 0 Å². The number of hydrogen-bond donors (Lipinski definition) is 1. The summed E-state index contributed by atoms with van der Waals surface area (Å²) in [5.74, 6) is -0.728. The van der Waals surface area contributed by atoms with E-state index < -0.39 is 0 Å². The summed E-state index contributed by atoms with van der Waals surface area (Å²) in [7, 11) is 0. The molecule has 0 fully saturated rings. The summed E-state index contributed by atoms with van der Waals surface area (Å²) in [6.45, 7) is 1.31. The molecule has 1 rings (SSSR count). The van der Waals surface area contributed by atoms with Crippen LogP contribution in [0.25, 0.3) is 0 Å². The Morgan fingerprint density at radius 2 is 2.07 bits per heavy atom. The number of amides is 2. The molecule has 0 atom stereocenters. The lowest BCUT2D eigenvalue weighted by Gasteiger charge is -2.04. The molecule has 0 radical (unpaired) electrons. The maximum atomic E-state index is 11.5. The van der Waals surface area contributed by atoms with Crippen LogP contribution < -0.4 is 5.32 Å². The Kier molecular flexibility index (Phi) is 4.06. The van der Waals surface area contributed by atoms with Crippen LogP contribution in [0, 0.1) is 3.57 Å². The van der Waals surface area contributed by atoms with Gasteiger partial charge in [0.15, 0.2) is 0 Å². The molecule has 0 saturated carbocycles. The third-order valence-electron chi connectivity index (χ3n) is 1.46. The fourth-order valence-electron chi connectivity index (χ4n) is 0.899. The maximum absolute atomic E-state index is 11.5. The number of halogens is 2. The number of imide groups is 1. The summed E-state index contributed by atoms with van der Waals surface area (Å²) in [5.41, 5.74) is 0.496. The van der Waals surface area contributed by atoms with Crippen molar-refractivity contribution in [3.8, 4) is 0 Å². The molecule has 0 aromatic heterocycles. The lowest BCUT2D eigenvalue weighted by molar-refractivity contribution is -0.118. The average molecular weight is 368 g/mol. The zero-order valence-electron chi connectivity index (χ0n) is 7.30. The van der Waals surface area contributed by atoms with Crippen molar-refractivity contribution in [2.45, 2.75) is 6.92 Å². The fourth-order valence-corrected chi connectivity index (χ4v) is 1.84. The van der Waals surface area contributed by atoms with Gasteiger partial charge in [-0.05, 0) is 40.8 Å². The van der Waals surface area contributed by atoms with Crippen LogP contribution in [0.3, 0.4) is 0 Å². The van der Waals surface area contributed by atoms with E-state index in [4.69, 9.17) is 0 Å². The standard InChI is InChI=1S/C9H7BrINO2/c1-5(13)12-9(14)7-4-6(10)2-3-8(7)11/h2-4H,1H3,(H,12,13,14). The topological polar surface area (TPSA) is 46.2 Å². The summed E-state index contributed by atoms with van der Waals surface area (Å²) >= 11 is 5.31. The largest absolute Gasteiger partial charge is 0.293 e. The molecule has 0 aliphatic heterocycles. The number of hydrogen-bond acceptors (Lipinski definition) is 2. The summed E-state index contributed by atoms with van der Waals surface area (Å²) in [4.78, 5) is 22.1. The normalized spacial score (nSPS) is 9.64. The highest BCUT2D eigenvalue weighted by molar-refractivity contribution is 14.1. The molecule has 0 spiro atoms. The van der Waals surface area contributed by atoms with Crippen molar-refractivity contribution in [3.05, 3.63) is 31.8 Å². The molecule has 1 aromatic carbocycles. The van der Waals surface area contributed by atoms with E-state index in [1.54, 1.807) is 12.1 Å². The molecule has 14 heavy (non-hydrogen) atoms. The van der Waals surface area contributed by atoms with Crippen LogP contribution in [0.1, 0.15) is 17.3 Å². The molecule has 1 aromatic rings. The molecule has 0 heterocycles. The highest BCUT2D eigenvalue weighted by atomic mass is 127. The van der Waals surface area contributed by atoms with Crippen molar-refractivity contribution in [1.29, 1.82) is 0 Å². The van der Waals surface area contributed by atoms with Gasteiger partial charge in [0, 0.05) is 15.0 Å². The molecular formula is C9H7BrINO2. The van der Waals surface area contributed by atoms with Crippen LogP contribution in [0.5, 0.6) is 0 Å². The van der Waals surface area contributed by atoms with Gasteiger partial charge in [-0.15, -0.1) is 0 Å². The SMILES string of the molecule is CC(=O)NC(=O)c1cc(Br)ccc1I. The lowest BCUT2D eigenvalue weighted by Crippen LogP contribution is -2.28. The third kappa shape index (κ3) is 3.06. The second-order valence-corrected chi connectivity index (χ2v) is 4.71. The minimum absolute atomic E-state index is 0.356. The van der Waals surface area contributed by atoms with Gasteiger partial charge in [0.05, 0.1) is 5.56 Å².